The third-order valence-corrected chi connectivity index (χ3v) is 4.12. The van der Waals surface area contributed by atoms with E-state index in [2.05, 4.69) is 10.5 Å². The quantitative estimate of drug-likeness (QED) is 0.467. The monoisotopic (exact) mass is 394 g/mol. The number of amides is 1. The fourth-order valence-electron chi connectivity index (χ4n) is 2.45. The van der Waals surface area contributed by atoms with Crippen LogP contribution in [0.3, 0.4) is 0 Å². The van der Waals surface area contributed by atoms with Crippen LogP contribution < -0.4 is 14.9 Å². The summed E-state index contributed by atoms with van der Waals surface area (Å²) in [6, 6.07) is 21.7. The van der Waals surface area contributed by atoms with Gasteiger partial charge in [-0.3, -0.25) is 4.79 Å². The Kier molecular flexibility index (Phi) is 6.65. The number of nitrogens with one attached hydrogen (secondary N) is 1. The largest absolute Gasteiger partial charge is 0.497 e. The topological polar surface area (TPSA) is 59.9 Å². The van der Waals surface area contributed by atoms with Crippen LogP contribution in [0, 0.1) is 0 Å². The lowest BCUT2D eigenvalue weighted by Gasteiger charge is -2.07. The first-order chi connectivity index (χ1) is 13.6. The van der Waals surface area contributed by atoms with Crippen molar-refractivity contribution in [1.82, 2.24) is 5.43 Å². The first-order valence-electron chi connectivity index (χ1n) is 8.59. The van der Waals surface area contributed by atoms with Gasteiger partial charge in [-0.25, -0.2) is 5.43 Å². The molecule has 0 aliphatic heterocycles. The highest BCUT2D eigenvalue weighted by molar-refractivity contribution is 6.30. The minimum absolute atomic E-state index is 0.305. The second-order valence-electron chi connectivity index (χ2n) is 5.92. The molecule has 0 radical (unpaired) electrons. The predicted molar refractivity (Wildman–Crippen MR) is 110 cm³/mol. The lowest BCUT2D eigenvalue weighted by atomic mass is 10.2. The summed E-state index contributed by atoms with van der Waals surface area (Å²) in [6.45, 7) is 0.400. The third kappa shape index (κ3) is 5.59. The third-order valence-electron chi connectivity index (χ3n) is 3.88. The molecule has 28 heavy (non-hydrogen) atoms. The lowest BCUT2D eigenvalue weighted by Crippen LogP contribution is -2.17. The summed E-state index contributed by atoms with van der Waals surface area (Å²) in [5.74, 6) is 1.08. The minimum atomic E-state index is -0.305. The molecule has 0 heterocycles. The van der Waals surface area contributed by atoms with E-state index in [9.17, 15) is 4.79 Å². The zero-order chi connectivity index (χ0) is 19.8. The number of nitrogens with zero attached hydrogens (tertiary/aromatic N) is 1. The van der Waals surface area contributed by atoms with Crippen molar-refractivity contribution in [2.75, 3.05) is 7.11 Å². The Labute approximate surface area is 168 Å². The van der Waals surface area contributed by atoms with E-state index in [1.807, 2.05) is 48.5 Å². The van der Waals surface area contributed by atoms with Gasteiger partial charge in [0.15, 0.2) is 0 Å². The summed E-state index contributed by atoms with van der Waals surface area (Å²) >= 11 is 5.96. The van der Waals surface area contributed by atoms with E-state index in [0.29, 0.717) is 22.9 Å². The highest BCUT2D eigenvalue weighted by Crippen LogP contribution is 2.16. The van der Waals surface area contributed by atoms with Crippen molar-refractivity contribution in [3.05, 3.63) is 94.5 Å². The van der Waals surface area contributed by atoms with Gasteiger partial charge in [-0.2, -0.15) is 5.10 Å². The van der Waals surface area contributed by atoms with Crippen LogP contribution in [0.1, 0.15) is 21.5 Å². The first-order valence-corrected chi connectivity index (χ1v) is 8.96. The normalized spacial score (nSPS) is 10.6. The summed E-state index contributed by atoms with van der Waals surface area (Å²) < 4.78 is 10.9. The van der Waals surface area contributed by atoms with Crippen LogP contribution in [0.25, 0.3) is 0 Å². The highest BCUT2D eigenvalue weighted by atomic mass is 35.5. The summed E-state index contributed by atoms with van der Waals surface area (Å²) in [5, 5.41) is 4.65. The number of carbonyl (C=O) groups is 1. The maximum absolute atomic E-state index is 12.2. The van der Waals surface area contributed by atoms with Gasteiger partial charge >= 0.3 is 0 Å². The molecule has 0 aliphatic rings. The number of halogens is 1. The van der Waals surface area contributed by atoms with E-state index >= 15 is 0 Å². The van der Waals surface area contributed by atoms with Gasteiger partial charge in [0.25, 0.3) is 5.91 Å². The summed E-state index contributed by atoms with van der Waals surface area (Å²) in [7, 11) is 1.60. The van der Waals surface area contributed by atoms with Gasteiger partial charge in [0.05, 0.1) is 13.3 Å². The Balaban J connectivity index is 1.53. The molecule has 5 nitrogen and oxygen atoms in total. The van der Waals surface area contributed by atoms with Crippen molar-refractivity contribution >= 4 is 23.7 Å². The van der Waals surface area contributed by atoms with Gasteiger partial charge in [-0.05, 0) is 59.7 Å². The van der Waals surface area contributed by atoms with Gasteiger partial charge in [-0.15, -0.1) is 0 Å². The summed E-state index contributed by atoms with van der Waals surface area (Å²) in [6.07, 6.45) is 1.56. The zero-order valence-corrected chi connectivity index (χ0v) is 16.0. The Morgan fingerprint density at radius 2 is 1.82 bits per heavy atom. The standard InChI is InChI=1S/C22H19ClN2O3/c1-27-21-7-3-4-16(13-21)14-24-25-22(26)18-8-10-20(11-9-18)28-15-17-5-2-6-19(23)12-17/h2-14H,15H2,1H3,(H,25,26). The smallest absolute Gasteiger partial charge is 0.271 e. The lowest BCUT2D eigenvalue weighted by molar-refractivity contribution is 0.0955. The van der Waals surface area contributed by atoms with Gasteiger partial charge in [0.2, 0.25) is 0 Å². The van der Waals surface area contributed by atoms with Crippen molar-refractivity contribution in [2.45, 2.75) is 6.61 Å². The molecule has 0 atom stereocenters. The van der Waals surface area contributed by atoms with Crippen LogP contribution in [-0.2, 0) is 6.61 Å². The van der Waals surface area contributed by atoms with E-state index in [-0.39, 0.29) is 5.91 Å². The number of hydrogen-bond donors (Lipinski definition) is 1. The Morgan fingerprint density at radius 3 is 2.57 bits per heavy atom. The number of carbonyl (C=O) groups excluding carboxylic acids is 1. The molecule has 1 N–H and O–H groups in total. The van der Waals surface area contributed by atoms with Crippen LogP contribution in [-0.4, -0.2) is 19.2 Å². The van der Waals surface area contributed by atoms with E-state index in [0.717, 1.165) is 16.9 Å². The molecule has 0 unspecified atom stereocenters. The molecular weight excluding hydrogens is 376 g/mol. The van der Waals surface area contributed by atoms with Crippen LogP contribution >= 0.6 is 11.6 Å². The van der Waals surface area contributed by atoms with Crippen LogP contribution in [0.2, 0.25) is 5.02 Å². The fourth-order valence-corrected chi connectivity index (χ4v) is 2.66. The first kappa shape index (κ1) is 19.5. The molecule has 0 spiro atoms. The summed E-state index contributed by atoms with van der Waals surface area (Å²) in [4.78, 5) is 12.2. The van der Waals surface area contributed by atoms with Gasteiger partial charge in [0, 0.05) is 10.6 Å². The van der Waals surface area contributed by atoms with Crippen LogP contribution in [0.4, 0.5) is 0 Å². The SMILES string of the molecule is COc1cccc(C=NNC(=O)c2ccc(OCc3cccc(Cl)c3)cc2)c1. The van der Waals surface area contributed by atoms with Gasteiger partial charge in [0.1, 0.15) is 18.1 Å². The Bertz CT molecular complexity index is 972. The highest BCUT2D eigenvalue weighted by Gasteiger charge is 2.05. The average Bonchev–Trinajstić information content (AvgIpc) is 2.73. The molecule has 0 saturated carbocycles. The van der Waals surface area contributed by atoms with E-state index in [1.54, 1.807) is 37.6 Å². The number of hydrogen-bond acceptors (Lipinski definition) is 4. The van der Waals surface area contributed by atoms with Crippen molar-refractivity contribution < 1.29 is 14.3 Å². The van der Waals surface area contributed by atoms with Crippen molar-refractivity contribution in [1.29, 1.82) is 0 Å². The van der Waals surface area contributed by atoms with Crippen LogP contribution in [0.15, 0.2) is 77.9 Å². The van der Waals surface area contributed by atoms with E-state index in [1.165, 1.54) is 0 Å². The van der Waals surface area contributed by atoms with E-state index < -0.39 is 0 Å². The molecule has 0 aromatic heterocycles. The molecule has 0 saturated heterocycles. The molecule has 6 heteroatoms. The second kappa shape index (κ2) is 9.58. The minimum Gasteiger partial charge on any atom is -0.497 e. The Hall–Kier alpha value is -3.31. The van der Waals surface area contributed by atoms with Crippen molar-refractivity contribution in [3.8, 4) is 11.5 Å². The molecular formula is C22H19ClN2O3. The number of methoxy groups -OCH3 is 1. The van der Waals surface area contributed by atoms with Crippen molar-refractivity contribution in [2.24, 2.45) is 5.10 Å². The molecule has 3 rings (SSSR count). The van der Waals surface area contributed by atoms with Crippen molar-refractivity contribution in [3.63, 3.8) is 0 Å². The Morgan fingerprint density at radius 1 is 1.04 bits per heavy atom. The molecule has 0 aliphatic carbocycles. The average molecular weight is 395 g/mol. The van der Waals surface area contributed by atoms with Crippen LogP contribution in [0.5, 0.6) is 11.5 Å². The molecule has 3 aromatic carbocycles. The molecule has 0 fully saturated rings. The second-order valence-corrected chi connectivity index (χ2v) is 6.36. The number of rotatable bonds is 7. The number of hydrazone groups is 1. The molecule has 3 aromatic rings. The van der Waals surface area contributed by atoms with Gasteiger partial charge < -0.3 is 9.47 Å². The number of benzene rings is 3. The maximum atomic E-state index is 12.2. The molecule has 1 amide bonds. The van der Waals surface area contributed by atoms with E-state index in [4.69, 9.17) is 21.1 Å². The molecule has 142 valence electrons. The maximum Gasteiger partial charge on any atom is 0.271 e. The fraction of sp³-hybridized carbons (Fsp3) is 0.0909. The van der Waals surface area contributed by atoms with Gasteiger partial charge in [-0.1, -0.05) is 35.9 Å². The number of ether oxygens (including phenoxy) is 2. The predicted octanol–water partition coefficient (Wildman–Crippen LogP) is 4.69. The summed E-state index contributed by atoms with van der Waals surface area (Å²) in [5.41, 5.74) is 4.78. The zero-order valence-electron chi connectivity index (χ0n) is 15.3. The molecule has 0 bridgehead atoms.